The Morgan fingerprint density at radius 2 is 2.05 bits per heavy atom. The third kappa shape index (κ3) is 4.22. The van der Waals surface area contributed by atoms with Gasteiger partial charge in [0.1, 0.15) is 5.75 Å². The quantitative estimate of drug-likeness (QED) is 0.817. The fourth-order valence-electron chi connectivity index (χ4n) is 2.60. The van der Waals surface area contributed by atoms with Crippen LogP contribution in [0.3, 0.4) is 0 Å². The highest BCUT2D eigenvalue weighted by Gasteiger charge is 2.20. The molecule has 1 aromatic carbocycles. The van der Waals surface area contributed by atoms with Crippen molar-refractivity contribution in [2.75, 3.05) is 26.2 Å². The SMILES string of the molecule is CCCOc1ccc(CN(CC)C2CCNC2)cc1. The molecule has 2 rings (SSSR count). The predicted molar refractivity (Wildman–Crippen MR) is 79.6 cm³/mol. The second-order valence-corrected chi connectivity index (χ2v) is 5.20. The van der Waals surface area contributed by atoms with Crippen LogP contribution in [0.4, 0.5) is 0 Å². The summed E-state index contributed by atoms with van der Waals surface area (Å²) in [6.07, 6.45) is 2.32. The molecule has 1 unspecified atom stereocenters. The van der Waals surface area contributed by atoms with E-state index in [0.717, 1.165) is 45.0 Å². The van der Waals surface area contributed by atoms with Gasteiger partial charge in [-0.15, -0.1) is 0 Å². The molecule has 0 aromatic heterocycles. The molecule has 0 bridgehead atoms. The van der Waals surface area contributed by atoms with E-state index in [0.29, 0.717) is 6.04 Å². The maximum absolute atomic E-state index is 5.62. The highest BCUT2D eigenvalue weighted by atomic mass is 16.5. The normalized spacial score (nSPS) is 19.0. The standard InChI is InChI=1S/C16H26N2O/c1-3-11-19-16-7-5-14(6-8-16)13-18(4-2)15-9-10-17-12-15/h5-8,15,17H,3-4,9-13H2,1-2H3. The fraction of sp³-hybridized carbons (Fsp3) is 0.625. The molecule has 19 heavy (non-hydrogen) atoms. The van der Waals surface area contributed by atoms with Gasteiger partial charge in [0.25, 0.3) is 0 Å². The zero-order valence-corrected chi connectivity index (χ0v) is 12.2. The Morgan fingerprint density at radius 3 is 2.63 bits per heavy atom. The van der Waals surface area contributed by atoms with Crippen molar-refractivity contribution in [1.29, 1.82) is 0 Å². The smallest absolute Gasteiger partial charge is 0.119 e. The maximum atomic E-state index is 5.62. The summed E-state index contributed by atoms with van der Waals surface area (Å²) >= 11 is 0. The predicted octanol–water partition coefficient (Wildman–Crippen LogP) is 2.66. The molecule has 0 radical (unpaired) electrons. The van der Waals surface area contributed by atoms with Crippen LogP contribution in [0.25, 0.3) is 0 Å². The number of likely N-dealkylation sites (N-methyl/N-ethyl adjacent to an activating group) is 1. The summed E-state index contributed by atoms with van der Waals surface area (Å²) in [5.41, 5.74) is 1.37. The molecule has 1 aliphatic rings. The van der Waals surface area contributed by atoms with Crippen LogP contribution in [0.2, 0.25) is 0 Å². The monoisotopic (exact) mass is 262 g/mol. The van der Waals surface area contributed by atoms with Crippen LogP contribution in [0.5, 0.6) is 5.75 Å². The lowest BCUT2D eigenvalue weighted by Gasteiger charge is -2.26. The first kappa shape index (κ1) is 14.4. The van der Waals surface area contributed by atoms with E-state index in [1.165, 1.54) is 12.0 Å². The van der Waals surface area contributed by atoms with Gasteiger partial charge in [-0.1, -0.05) is 26.0 Å². The van der Waals surface area contributed by atoms with E-state index in [9.17, 15) is 0 Å². The second-order valence-electron chi connectivity index (χ2n) is 5.20. The van der Waals surface area contributed by atoms with Crippen molar-refractivity contribution in [2.24, 2.45) is 0 Å². The van der Waals surface area contributed by atoms with Gasteiger partial charge in [-0.25, -0.2) is 0 Å². The van der Waals surface area contributed by atoms with Gasteiger partial charge >= 0.3 is 0 Å². The van der Waals surface area contributed by atoms with E-state index in [4.69, 9.17) is 4.74 Å². The summed E-state index contributed by atoms with van der Waals surface area (Å²) < 4.78 is 5.62. The topological polar surface area (TPSA) is 24.5 Å². The molecule has 1 saturated heterocycles. The zero-order chi connectivity index (χ0) is 13.5. The van der Waals surface area contributed by atoms with Crippen LogP contribution in [-0.4, -0.2) is 37.2 Å². The number of hydrogen-bond donors (Lipinski definition) is 1. The molecular weight excluding hydrogens is 236 g/mol. The number of ether oxygens (including phenoxy) is 1. The van der Waals surface area contributed by atoms with Gasteiger partial charge in [-0.3, -0.25) is 4.90 Å². The minimum Gasteiger partial charge on any atom is -0.494 e. The lowest BCUT2D eigenvalue weighted by atomic mass is 10.1. The molecule has 0 spiro atoms. The first-order valence-corrected chi connectivity index (χ1v) is 7.50. The third-order valence-electron chi connectivity index (χ3n) is 3.74. The molecule has 1 heterocycles. The number of nitrogens with one attached hydrogen (secondary N) is 1. The molecule has 1 fully saturated rings. The summed E-state index contributed by atoms with van der Waals surface area (Å²) in [5.74, 6) is 0.983. The Kier molecular flexibility index (Phi) is 5.67. The maximum Gasteiger partial charge on any atom is 0.119 e. The van der Waals surface area contributed by atoms with Crippen molar-refractivity contribution in [3.63, 3.8) is 0 Å². The van der Waals surface area contributed by atoms with Crippen LogP contribution in [0.1, 0.15) is 32.3 Å². The summed E-state index contributed by atoms with van der Waals surface area (Å²) in [4.78, 5) is 2.56. The van der Waals surface area contributed by atoms with Crippen LogP contribution in [0.15, 0.2) is 24.3 Å². The molecule has 1 aromatic rings. The molecule has 106 valence electrons. The Bertz CT molecular complexity index is 358. The van der Waals surface area contributed by atoms with Gasteiger partial charge in [0.05, 0.1) is 6.61 Å². The van der Waals surface area contributed by atoms with Crippen molar-refractivity contribution < 1.29 is 4.74 Å². The average molecular weight is 262 g/mol. The Balaban J connectivity index is 1.89. The van der Waals surface area contributed by atoms with Crippen LogP contribution in [0, 0.1) is 0 Å². The largest absolute Gasteiger partial charge is 0.494 e. The Hall–Kier alpha value is -1.06. The van der Waals surface area contributed by atoms with Crippen molar-refractivity contribution in [1.82, 2.24) is 10.2 Å². The summed E-state index contributed by atoms with van der Waals surface area (Å²) in [6.45, 7) is 9.61. The number of hydrogen-bond acceptors (Lipinski definition) is 3. The van der Waals surface area contributed by atoms with Crippen molar-refractivity contribution in [3.05, 3.63) is 29.8 Å². The van der Waals surface area contributed by atoms with Gasteiger partial charge in [0.15, 0.2) is 0 Å². The van der Waals surface area contributed by atoms with E-state index in [-0.39, 0.29) is 0 Å². The molecular formula is C16H26N2O. The summed E-state index contributed by atoms with van der Waals surface area (Å²) in [5, 5.41) is 3.44. The molecule has 3 heteroatoms. The van der Waals surface area contributed by atoms with Crippen LogP contribution >= 0.6 is 0 Å². The fourth-order valence-corrected chi connectivity index (χ4v) is 2.60. The zero-order valence-electron chi connectivity index (χ0n) is 12.2. The highest BCUT2D eigenvalue weighted by molar-refractivity contribution is 5.27. The van der Waals surface area contributed by atoms with Gasteiger partial charge < -0.3 is 10.1 Å². The number of rotatable bonds is 7. The lowest BCUT2D eigenvalue weighted by molar-refractivity contribution is 0.210. The summed E-state index contributed by atoms with van der Waals surface area (Å²) in [6, 6.07) is 9.25. The minimum atomic E-state index is 0.695. The minimum absolute atomic E-state index is 0.695. The first-order valence-electron chi connectivity index (χ1n) is 7.50. The Labute approximate surface area is 116 Å². The summed E-state index contributed by atoms with van der Waals surface area (Å²) in [7, 11) is 0. The number of nitrogens with zero attached hydrogens (tertiary/aromatic N) is 1. The van der Waals surface area contributed by atoms with Crippen LogP contribution in [-0.2, 0) is 6.54 Å². The van der Waals surface area contributed by atoms with Gasteiger partial charge in [0.2, 0.25) is 0 Å². The molecule has 3 nitrogen and oxygen atoms in total. The second kappa shape index (κ2) is 7.51. The van der Waals surface area contributed by atoms with Gasteiger partial charge in [0, 0.05) is 19.1 Å². The highest BCUT2D eigenvalue weighted by Crippen LogP contribution is 2.16. The first-order chi connectivity index (χ1) is 9.33. The van der Waals surface area contributed by atoms with E-state index in [2.05, 4.69) is 48.3 Å². The van der Waals surface area contributed by atoms with E-state index >= 15 is 0 Å². The molecule has 1 N–H and O–H groups in total. The molecule has 1 aliphatic heterocycles. The van der Waals surface area contributed by atoms with E-state index in [1.54, 1.807) is 0 Å². The lowest BCUT2D eigenvalue weighted by Crippen LogP contribution is -2.36. The van der Waals surface area contributed by atoms with Crippen molar-refractivity contribution >= 4 is 0 Å². The third-order valence-corrected chi connectivity index (χ3v) is 3.74. The average Bonchev–Trinajstić information content (AvgIpc) is 2.98. The van der Waals surface area contributed by atoms with Crippen molar-refractivity contribution in [2.45, 2.75) is 39.3 Å². The Morgan fingerprint density at radius 1 is 1.26 bits per heavy atom. The number of benzene rings is 1. The molecule has 0 saturated carbocycles. The van der Waals surface area contributed by atoms with E-state index in [1.807, 2.05) is 0 Å². The molecule has 0 amide bonds. The van der Waals surface area contributed by atoms with Gasteiger partial charge in [-0.2, -0.15) is 0 Å². The molecule has 0 aliphatic carbocycles. The van der Waals surface area contributed by atoms with E-state index < -0.39 is 0 Å². The molecule has 1 atom stereocenters. The van der Waals surface area contributed by atoms with Gasteiger partial charge in [-0.05, 0) is 43.6 Å². The van der Waals surface area contributed by atoms with Crippen LogP contribution < -0.4 is 10.1 Å². The van der Waals surface area contributed by atoms with Crippen molar-refractivity contribution in [3.8, 4) is 5.75 Å².